The van der Waals surface area contributed by atoms with E-state index >= 15 is 0 Å². The second kappa shape index (κ2) is 7.20. The smallest absolute Gasteiger partial charge is 0.269 e. The van der Waals surface area contributed by atoms with Gasteiger partial charge in [0.2, 0.25) is 0 Å². The first-order valence-electron chi connectivity index (χ1n) is 9.13. The van der Waals surface area contributed by atoms with Crippen molar-refractivity contribution in [1.82, 2.24) is 10.2 Å². The Morgan fingerprint density at radius 1 is 1.48 bits per heavy atom. The van der Waals surface area contributed by atoms with Crippen LogP contribution in [0.3, 0.4) is 0 Å². The maximum absolute atomic E-state index is 14.5. The molecule has 146 valence electrons. The highest BCUT2D eigenvalue weighted by Gasteiger charge is 2.42. The number of fused-ring (bicyclic) bond motifs is 1. The second-order valence-corrected chi connectivity index (χ2v) is 8.19. The van der Waals surface area contributed by atoms with Crippen LogP contribution in [0, 0.1) is 0 Å². The SMILES string of the molecule is NC(=O)c1sc(-c2cn[nH]c2)c2c1N(CC[C@H]1CCCCO1)CC(F)(F)C2. The zero-order valence-electron chi connectivity index (χ0n) is 14.8. The molecule has 0 aliphatic carbocycles. The number of anilines is 1. The van der Waals surface area contributed by atoms with E-state index in [0.717, 1.165) is 25.9 Å². The lowest BCUT2D eigenvalue weighted by atomic mass is 9.96. The van der Waals surface area contributed by atoms with E-state index in [1.54, 1.807) is 17.3 Å². The zero-order chi connectivity index (χ0) is 19.0. The Hall–Kier alpha value is -2.00. The molecule has 3 N–H and O–H groups in total. The average Bonchev–Trinajstić information content (AvgIpc) is 3.27. The summed E-state index contributed by atoms with van der Waals surface area (Å²) in [7, 11) is 0. The number of nitrogens with zero attached hydrogens (tertiary/aromatic N) is 2. The molecule has 4 heterocycles. The molecule has 1 fully saturated rings. The highest BCUT2D eigenvalue weighted by molar-refractivity contribution is 7.18. The minimum atomic E-state index is -2.87. The molecule has 0 bridgehead atoms. The van der Waals surface area contributed by atoms with Crippen molar-refractivity contribution >= 4 is 22.9 Å². The lowest BCUT2D eigenvalue weighted by Crippen LogP contribution is -2.44. The Morgan fingerprint density at radius 3 is 3.00 bits per heavy atom. The molecule has 27 heavy (non-hydrogen) atoms. The molecule has 0 spiro atoms. The molecular weight excluding hydrogens is 374 g/mol. The highest BCUT2D eigenvalue weighted by Crippen LogP contribution is 2.47. The van der Waals surface area contributed by atoms with Crippen molar-refractivity contribution in [1.29, 1.82) is 0 Å². The monoisotopic (exact) mass is 396 g/mol. The number of alkyl halides is 2. The van der Waals surface area contributed by atoms with Crippen LogP contribution in [0.5, 0.6) is 0 Å². The van der Waals surface area contributed by atoms with Gasteiger partial charge in [-0.25, -0.2) is 8.78 Å². The van der Waals surface area contributed by atoms with E-state index in [0.29, 0.717) is 39.5 Å². The van der Waals surface area contributed by atoms with Crippen LogP contribution >= 0.6 is 11.3 Å². The van der Waals surface area contributed by atoms with E-state index in [-0.39, 0.29) is 6.10 Å². The fourth-order valence-electron chi connectivity index (χ4n) is 3.93. The maximum Gasteiger partial charge on any atom is 0.269 e. The van der Waals surface area contributed by atoms with Crippen LogP contribution < -0.4 is 10.6 Å². The number of hydrogen-bond donors (Lipinski definition) is 2. The van der Waals surface area contributed by atoms with Gasteiger partial charge in [0.15, 0.2) is 0 Å². The Balaban J connectivity index is 1.69. The van der Waals surface area contributed by atoms with Crippen molar-refractivity contribution in [2.75, 3.05) is 24.6 Å². The molecule has 6 nitrogen and oxygen atoms in total. The van der Waals surface area contributed by atoms with Gasteiger partial charge in [0.05, 0.1) is 24.5 Å². The van der Waals surface area contributed by atoms with Gasteiger partial charge in [-0.3, -0.25) is 9.89 Å². The fourth-order valence-corrected chi connectivity index (χ4v) is 5.10. The average molecular weight is 396 g/mol. The second-order valence-electron chi connectivity index (χ2n) is 7.17. The molecule has 0 aromatic carbocycles. The largest absolute Gasteiger partial charge is 0.378 e. The molecule has 9 heteroatoms. The third-order valence-corrected chi connectivity index (χ3v) is 6.42. The molecule has 1 atom stereocenters. The zero-order valence-corrected chi connectivity index (χ0v) is 15.7. The van der Waals surface area contributed by atoms with E-state index in [1.807, 2.05) is 0 Å². The normalized spacial score (nSPS) is 21.9. The Morgan fingerprint density at radius 2 is 2.33 bits per heavy atom. The first-order valence-corrected chi connectivity index (χ1v) is 9.95. The summed E-state index contributed by atoms with van der Waals surface area (Å²) in [6, 6.07) is 0. The maximum atomic E-state index is 14.5. The molecule has 0 saturated carbocycles. The third-order valence-electron chi connectivity index (χ3n) is 5.13. The molecule has 2 aliphatic rings. The van der Waals surface area contributed by atoms with E-state index < -0.39 is 24.8 Å². The number of rotatable bonds is 5. The highest BCUT2D eigenvalue weighted by atomic mass is 32.1. The van der Waals surface area contributed by atoms with Gasteiger partial charge in [0.25, 0.3) is 11.8 Å². The van der Waals surface area contributed by atoms with Crippen molar-refractivity contribution in [2.24, 2.45) is 5.73 Å². The van der Waals surface area contributed by atoms with Crippen LogP contribution in [0.25, 0.3) is 10.4 Å². The molecule has 4 rings (SSSR count). The van der Waals surface area contributed by atoms with Gasteiger partial charge in [-0.2, -0.15) is 5.10 Å². The van der Waals surface area contributed by atoms with Crippen molar-refractivity contribution in [3.63, 3.8) is 0 Å². The Bertz CT molecular complexity index is 816. The lowest BCUT2D eigenvalue weighted by molar-refractivity contribution is -0.000925. The predicted octanol–water partition coefficient (Wildman–Crippen LogP) is 3.19. The number of primary amides is 1. The molecule has 0 unspecified atom stereocenters. The summed E-state index contributed by atoms with van der Waals surface area (Å²) in [4.78, 5) is 14.6. The number of nitrogens with one attached hydrogen (secondary N) is 1. The van der Waals surface area contributed by atoms with Gasteiger partial charge in [-0.05, 0) is 25.7 Å². The fraction of sp³-hybridized carbons (Fsp3) is 0.556. The van der Waals surface area contributed by atoms with Gasteiger partial charge in [0.1, 0.15) is 4.88 Å². The lowest BCUT2D eigenvalue weighted by Gasteiger charge is -2.36. The van der Waals surface area contributed by atoms with Crippen LogP contribution in [-0.4, -0.2) is 47.8 Å². The summed E-state index contributed by atoms with van der Waals surface area (Å²) >= 11 is 1.17. The van der Waals surface area contributed by atoms with E-state index in [1.165, 1.54) is 11.3 Å². The number of aromatic amines is 1. The summed E-state index contributed by atoms with van der Waals surface area (Å²) < 4.78 is 34.8. The number of carbonyl (C=O) groups excluding carboxylic acids is 1. The first kappa shape index (κ1) is 18.4. The molecule has 2 aliphatic heterocycles. The first-order chi connectivity index (χ1) is 12.9. The summed E-state index contributed by atoms with van der Waals surface area (Å²) in [5.74, 6) is -3.45. The minimum absolute atomic E-state index is 0.0850. The van der Waals surface area contributed by atoms with Crippen LogP contribution in [-0.2, 0) is 11.2 Å². The van der Waals surface area contributed by atoms with E-state index in [2.05, 4.69) is 10.2 Å². The number of H-pyrrole nitrogens is 1. The number of aromatic nitrogens is 2. The van der Waals surface area contributed by atoms with Gasteiger partial charge in [-0.15, -0.1) is 11.3 Å². The van der Waals surface area contributed by atoms with E-state index in [9.17, 15) is 13.6 Å². The quantitative estimate of drug-likeness (QED) is 0.813. The predicted molar refractivity (Wildman–Crippen MR) is 99.5 cm³/mol. The number of thiophene rings is 1. The van der Waals surface area contributed by atoms with Crippen molar-refractivity contribution < 1.29 is 18.3 Å². The molecule has 2 aromatic heterocycles. The number of hydrogen-bond acceptors (Lipinski definition) is 5. The Labute approximate surface area is 159 Å². The standard InChI is InChI=1S/C18H22F2N4O2S/c19-18(20)7-13-14(24(10-18)5-4-12-3-1-2-6-26-12)16(17(21)25)27-15(13)11-8-22-23-9-11/h8-9,12H,1-7,10H2,(H2,21,25)(H,22,23)/t12-/m1/s1. The topological polar surface area (TPSA) is 84.2 Å². The van der Waals surface area contributed by atoms with Crippen LogP contribution in [0.2, 0.25) is 0 Å². The third kappa shape index (κ3) is 3.70. The van der Waals surface area contributed by atoms with Crippen LogP contribution in [0.4, 0.5) is 14.5 Å². The Kier molecular flexibility index (Phi) is 4.90. The van der Waals surface area contributed by atoms with Gasteiger partial charge < -0.3 is 15.4 Å². The van der Waals surface area contributed by atoms with Crippen molar-refractivity contribution in [3.05, 3.63) is 22.8 Å². The number of carbonyl (C=O) groups is 1. The van der Waals surface area contributed by atoms with Gasteiger partial charge in [0, 0.05) is 41.8 Å². The molecular formula is C18H22F2N4O2S. The molecule has 2 aromatic rings. The van der Waals surface area contributed by atoms with Crippen molar-refractivity contribution in [2.45, 2.75) is 44.1 Å². The summed E-state index contributed by atoms with van der Waals surface area (Å²) in [6.45, 7) is 0.728. The van der Waals surface area contributed by atoms with Crippen LogP contribution in [0.1, 0.15) is 40.9 Å². The molecule has 1 saturated heterocycles. The minimum Gasteiger partial charge on any atom is -0.378 e. The van der Waals surface area contributed by atoms with Gasteiger partial charge >= 0.3 is 0 Å². The number of halogens is 2. The summed E-state index contributed by atoms with van der Waals surface area (Å²) in [5.41, 5.74) is 7.32. The molecule has 1 amide bonds. The number of ether oxygens (including phenoxy) is 1. The molecule has 0 radical (unpaired) electrons. The van der Waals surface area contributed by atoms with E-state index in [4.69, 9.17) is 10.5 Å². The summed E-state index contributed by atoms with van der Waals surface area (Å²) in [6.07, 6.45) is 6.65. The summed E-state index contributed by atoms with van der Waals surface area (Å²) in [5, 5.41) is 6.60. The number of nitrogens with two attached hydrogens (primary N) is 1. The van der Waals surface area contributed by atoms with Crippen molar-refractivity contribution in [3.8, 4) is 10.4 Å². The number of amides is 1. The van der Waals surface area contributed by atoms with Crippen LogP contribution in [0.15, 0.2) is 12.4 Å². The van der Waals surface area contributed by atoms with Gasteiger partial charge in [-0.1, -0.05) is 0 Å².